The lowest BCUT2D eigenvalue weighted by Crippen LogP contribution is -2.32. The van der Waals surface area contributed by atoms with Gasteiger partial charge in [0, 0.05) is 35.9 Å². The van der Waals surface area contributed by atoms with E-state index < -0.39 is 27.3 Å². The van der Waals surface area contributed by atoms with E-state index in [1.165, 1.54) is 11.6 Å². The second kappa shape index (κ2) is 14.7. The van der Waals surface area contributed by atoms with E-state index in [0.717, 1.165) is 34.0 Å². The molecular formula is C39H39F3N4O5S. The molecule has 4 aromatic carbocycles. The molecule has 1 aromatic heterocycles. The van der Waals surface area contributed by atoms with Gasteiger partial charge in [-0.25, -0.2) is 4.98 Å². The number of hydrogen-bond donors (Lipinski definition) is 3. The Morgan fingerprint density at radius 1 is 0.808 bits per heavy atom. The Morgan fingerprint density at radius 2 is 1.54 bits per heavy atom. The zero-order valence-corrected chi connectivity index (χ0v) is 30.3. The highest BCUT2D eigenvalue weighted by molar-refractivity contribution is 7.88. The molecule has 0 saturated heterocycles. The van der Waals surface area contributed by atoms with Gasteiger partial charge < -0.3 is 20.1 Å². The Labute approximate surface area is 300 Å². The van der Waals surface area contributed by atoms with Crippen LogP contribution in [0.3, 0.4) is 0 Å². The van der Waals surface area contributed by atoms with Crippen molar-refractivity contribution in [1.29, 1.82) is 0 Å². The quantitative estimate of drug-likeness (QED) is 0.0969. The average Bonchev–Trinajstić information content (AvgIpc) is 3.05. The third-order valence-corrected chi connectivity index (χ3v) is 9.23. The maximum absolute atomic E-state index is 13.9. The summed E-state index contributed by atoms with van der Waals surface area (Å²) >= 11 is 0. The topological polar surface area (TPSA) is 126 Å². The molecule has 0 unspecified atom stereocenters. The summed E-state index contributed by atoms with van der Waals surface area (Å²) in [5.74, 6) is -1.10. The number of amides is 2. The number of carbonyl (C=O) groups is 2. The smallest absolute Gasteiger partial charge is 0.376 e. The number of pyridine rings is 1. The number of rotatable bonds is 10. The van der Waals surface area contributed by atoms with E-state index >= 15 is 0 Å². The van der Waals surface area contributed by atoms with Crippen molar-refractivity contribution in [2.24, 2.45) is 5.41 Å². The van der Waals surface area contributed by atoms with Crippen LogP contribution in [0.2, 0.25) is 0 Å². The van der Waals surface area contributed by atoms with E-state index in [-0.39, 0.29) is 22.4 Å². The first-order valence-corrected chi connectivity index (χ1v) is 17.8. The number of aryl methyl sites for hydroxylation is 3. The standard InChI is InChI=1S/C39H39F3N4O5S/c1-23-7-8-28(24(2)17-23)21-44-35-32-13-10-29(19-26(32)15-16-43-35)46-37(48)34-20-30(51-52(49,50)39(40,41)42)11-14-33(34)31-12-9-27(18-25(31)3)36(47)45-22-38(4,5)6/h7-20H,21-22H2,1-6H3,(H,43,44)(H,45,47)(H,46,48). The molecule has 13 heteroatoms. The van der Waals surface area contributed by atoms with Gasteiger partial charge in [0.2, 0.25) is 0 Å². The summed E-state index contributed by atoms with van der Waals surface area (Å²) in [6.45, 7) is 12.7. The lowest BCUT2D eigenvalue weighted by molar-refractivity contribution is -0.0500. The van der Waals surface area contributed by atoms with Crippen LogP contribution >= 0.6 is 0 Å². The molecule has 0 atom stereocenters. The second-order valence-electron chi connectivity index (χ2n) is 13.8. The van der Waals surface area contributed by atoms with E-state index in [9.17, 15) is 31.2 Å². The first-order valence-electron chi connectivity index (χ1n) is 16.4. The van der Waals surface area contributed by atoms with Gasteiger partial charge in [-0.05, 0) is 114 Å². The molecule has 0 radical (unpaired) electrons. The molecular weight excluding hydrogens is 694 g/mol. The number of hydrogen-bond acceptors (Lipinski definition) is 7. The molecule has 52 heavy (non-hydrogen) atoms. The predicted octanol–water partition coefficient (Wildman–Crippen LogP) is 8.70. The van der Waals surface area contributed by atoms with Crippen molar-refractivity contribution in [2.45, 2.75) is 53.6 Å². The van der Waals surface area contributed by atoms with Crippen molar-refractivity contribution in [3.05, 3.63) is 118 Å². The van der Waals surface area contributed by atoms with E-state index in [2.05, 4.69) is 37.3 Å². The monoisotopic (exact) mass is 732 g/mol. The Hall–Kier alpha value is -5.43. The van der Waals surface area contributed by atoms with Gasteiger partial charge in [-0.1, -0.05) is 50.6 Å². The highest BCUT2D eigenvalue weighted by atomic mass is 32.2. The largest absolute Gasteiger partial charge is 0.534 e. The highest BCUT2D eigenvalue weighted by Gasteiger charge is 2.48. The summed E-state index contributed by atoms with van der Waals surface area (Å²) in [5.41, 5.74) is -0.444. The van der Waals surface area contributed by atoms with Crippen molar-refractivity contribution >= 4 is 44.2 Å². The van der Waals surface area contributed by atoms with Crippen molar-refractivity contribution in [3.63, 3.8) is 0 Å². The van der Waals surface area contributed by atoms with Crippen LogP contribution in [0.15, 0.2) is 85.1 Å². The fourth-order valence-electron chi connectivity index (χ4n) is 5.54. The van der Waals surface area contributed by atoms with E-state index in [4.69, 9.17) is 0 Å². The normalized spacial score (nSPS) is 12.0. The summed E-state index contributed by atoms with van der Waals surface area (Å²) in [7, 11) is -6.01. The molecule has 0 bridgehead atoms. The van der Waals surface area contributed by atoms with Gasteiger partial charge in [-0.15, -0.1) is 0 Å². The minimum atomic E-state index is -6.01. The van der Waals surface area contributed by atoms with Crippen molar-refractivity contribution in [3.8, 4) is 16.9 Å². The van der Waals surface area contributed by atoms with E-state index in [0.29, 0.717) is 41.3 Å². The van der Waals surface area contributed by atoms with Crippen LogP contribution in [-0.4, -0.2) is 37.3 Å². The van der Waals surface area contributed by atoms with Crippen LogP contribution in [0.5, 0.6) is 5.75 Å². The van der Waals surface area contributed by atoms with E-state index in [1.807, 2.05) is 40.7 Å². The minimum Gasteiger partial charge on any atom is -0.376 e. The molecule has 5 aromatic rings. The first-order chi connectivity index (χ1) is 24.3. The van der Waals surface area contributed by atoms with Gasteiger partial charge in [0.15, 0.2) is 0 Å². The van der Waals surface area contributed by atoms with Crippen molar-refractivity contribution in [2.75, 3.05) is 17.2 Å². The first kappa shape index (κ1) is 37.8. The van der Waals surface area contributed by atoms with E-state index in [1.54, 1.807) is 55.6 Å². The van der Waals surface area contributed by atoms with Crippen LogP contribution in [0, 0.1) is 26.2 Å². The fraction of sp³-hybridized carbons (Fsp3) is 0.256. The number of nitrogens with one attached hydrogen (secondary N) is 3. The second-order valence-corrected chi connectivity index (χ2v) is 15.3. The summed E-state index contributed by atoms with van der Waals surface area (Å²) < 4.78 is 67.6. The van der Waals surface area contributed by atoms with Crippen LogP contribution in [-0.2, 0) is 16.7 Å². The molecule has 5 rings (SSSR count). The van der Waals surface area contributed by atoms with Crippen molar-refractivity contribution < 1.29 is 35.4 Å². The summed E-state index contributed by atoms with van der Waals surface area (Å²) in [6.07, 6.45) is 1.63. The number of nitrogens with zero attached hydrogens (tertiary/aromatic N) is 1. The molecule has 1 heterocycles. The average molecular weight is 733 g/mol. The van der Waals surface area contributed by atoms with Gasteiger partial charge >= 0.3 is 15.6 Å². The molecule has 0 fully saturated rings. The van der Waals surface area contributed by atoms with Crippen LogP contribution in [0.4, 0.5) is 24.7 Å². The predicted molar refractivity (Wildman–Crippen MR) is 197 cm³/mol. The SMILES string of the molecule is Cc1ccc(CNc2nccc3cc(NC(=O)c4cc(OS(=O)(=O)C(F)(F)F)ccc4-c4ccc(C(=O)NCC(C)(C)C)cc4C)ccc23)c(C)c1. The molecule has 9 nitrogen and oxygen atoms in total. The Morgan fingerprint density at radius 3 is 2.21 bits per heavy atom. The summed E-state index contributed by atoms with van der Waals surface area (Å²) in [4.78, 5) is 31.2. The number of alkyl halides is 3. The van der Waals surface area contributed by atoms with Gasteiger partial charge in [-0.3, -0.25) is 9.59 Å². The number of fused-ring (bicyclic) bond motifs is 1. The molecule has 0 aliphatic heterocycles. The van der Waals surface area contributed by atoms with Crippen LogP contribution in [0.25, 0.3) is 21.9 Å². The van der Waals surface area contributed by atoms with Crippen LogP contribution in [0.1, 0.15) is 63.7 Å². The lowest BCUT2D eigenvalue weighted by Gasteiger charge is -2.19. The molecule has 272 valence electrons. The maximum Gasteiger partial charge on any atom is 0.534 e. The number of anilines is 2. The Kier molecular flexibility index (Phi) is 10.7. The Bertz CT molecular complexity index is 2280. The number of halogens is 3. The number of carbonyl (C=O) groups excluding carboxylic acids is 2. The molecule has 3 N–H and O–H groups in total. The minimum absolute atomic E-state index is 0.141. The van der Waals surface area contributed by atoms with Crippen LogP contribution < -0.4 is 20.1 Å². The zero-order chi connectivity index (χ0) is 38.0. The third-order valence-electron chi connectivity index (χ3n) is 8.25. The molecule has 0 aliphatic carbocycles. The number of aromatic nitrogens is 1. The molecule has 2 amide bonds. The lowest BCUT2D eigenvalue weighted by atomic mass is 9.93. The van der Waals surface area contributed by atoms with Crippen molar-refractivity contribution in [1.82, 2.24) is 10.3 Å². The third kappa shape index (κ3) is 8.89. The maximum atomic E-state index is 13.9. The van der Waals surface area contributed by atoms with Gasteiger partial charge in [0.1, 0.15) is 11.6 Å². The number of benzene rings is 4. The molecule has 0 spiro atoms. The highest BCUT2D eigenvalue weighted by Crippen LogP contribution is 2.34. The van der Waals surface area contributed by atoms with Gasteiger partial charge in [0.05, 0.1) is 5.56 Å². The zero-order valence-electron chi connectivity index (χ0n) is 29.5. The molecule has 0 saturated carbocycles. The summed E-state index contributed by atoms with van der Waals surface area (Å²) in [5, 5.41) is 10.6. The molecule has 0 aliphatic rings. The summed E-state index contributed by atoms with van der Waals surface area (Å²) in [6, 6.07) is 21.3. The fourth-order valence-corrected chi connectivity index (χ4v) is 6.00. The van der Waals surface area contributed by atoms with Gasteiger partial charge in [-0.2, -0.15) is 21.6 Å². The Balaban J connectivity index is 1.46. The van der Waals surface area contributed by atoms with Gasteiger partial charge in [0.25, 0.3) is 11.8 Å².